The van der Waals surface area contributed by atoms with Gasteiger partial charge in [0.25, 0.3) is 0 Å². The van der Waals surface area contributed by atoms with Crippen LogP contribution in [-0.4, -0.2) is 22.3 Å². The molecule has 0 aliphatic heterocycles. The van der Waals surface area contributed by atoms with E-state index in [1.807, 2.05) is 38.2 Å². The van der Waals surface area contributed by atoms with Gasteiger partial charge in [0.05, 0.1) is 22.6 Å². The summed E-state index contributed by atoms with van der Waals surface area (Å²) in [5.74, 6) is 0.611. The number of hydrogen-bond donors (Lipinski definition) is 1. The van der Waals surface area contributed by atoms with Gasteiger partial charge in [0.2, 0.25) is 0 Å². The van der Waals surface area contributed by atoms with Crippen molar-refractivity contribution >= 4 is 16.9 Å². The Morgan fingerprint density at radius 2 is 2.15 bits per heavy atom. The molecule has 1 atom stereocenters. The lowest BCUT2D eigenvalue weighted by molar-refractivity contribution is 0.218. The maximum atomic E-state index is 10.2. The molecule has 138 valence electrons. The number of aromatic nitrogens is 1. The minimum atomic E-state index is -0.311. The number of nitriles is 1. The van der Waals surface area contributed by atoms with Gasteiger partial charge in [-0.15, -0.1) is 11.3 Å². The fraction of sp³-hybridized carbons (Fsp3) is 0.364. The van der Waals surface area contributed by atoms with Crippen LogP contribution in [0, 0.1) is 11.3 Å². The predicted octanol–water partition coefficient (Wildman–Crippen LogP) is 5.10. The van der Waals surface area contributed by atoms with E-state index in [9.17, 15) is 10.4 Å². The second kappa shape index (κ2) is 7.30. The molecule has 4 nitrogen and oxygen atoms in total. The van der Waals surface area contributed by atoms with Crippen molar-refractivity contribution in [3.8, 4) is 22.4 Å². The Morgan fingerprint density at radius 3 is 2.93 bits per heavy atom. The highest BCUT2D eigenvalue weighted by atomic mass is 32.1. The molecule has 4 rings (SSSR count). The zero-order valence-corrected chi connectivity index (χ0v) is 16.3. The summed E-state index contributed by atoms with van der Waals surface area (Å²) < 4.78 is 5.71. The molecule has 1 saturated carbocycles. The van der Waals surface area contributed by atoms with E-state index in [-0.39, 0.29) is 12.2 Å². The van der Waals surface area contributed by atoms with Gasteiger partial charge in [-0.25, -0.2) is 4.98 Å². The van der Waals surface area contributed by atoms with Gasteiger partial charge in [-0.1, -0.05) is 6.08 Å². The number of fused-ring (bicyclic) bond motifs is 1. The topological polar surface area (TPSA) is 66.1 Å². The van der Waals surface area contributed by atoms with E-state index < -0.39 is 0 Å². The number of ether oxygens (including phenoxy) is 1. The molecule has 0 spiro atoms. The molecule has 2 aliphatic rings. The number of benzene rings is 1. The van der Waals surface area contributed by atoms with Crippen molar-refractivity contribution in [2.75, 3.05) is 0 Å². The molecule has 0 unspecified atom stereocenters. The fourth-order valence-corrected chi connectivity index (χ4v) is 4.83. The predicted molar refractivity (Wildman–Crippen MR) is 108 cm³/mol. The molecule has 5 heteroatoms. The zero-order chi connectivity index (χ0) is 19.0. The number of nitrogens with zero attached hydrogens (tertiary/aromatic N) is 2. The molecule has 2 aromatic rings. The van der Waals surface area contributed by atoms with Gasteiger partial charge in [0.1, 0.15) is 16.8 Å². The van der Waals surface area contributed by atoms with Crippen LogP contribution in [0.3, 0.4) is 0 Å². The van der Waals surface area contributed by atoms with E-state index >= 15 is 0 Å². The molecule has 0 amide bonds. The second-order valence-corrected chi connectivity index (χ2v) is 8.26. The Labute approximate surface area is 163 Å². The first-order valence-corrected chi connectivity index (χ1v) is 10.2. The highest BCUT2D eigenvalue weighted by Crippen LogP contribution is 2.44. The number of aliphatic hydroxyl groups is 1. The van der Waals surface area contributed by atoms with Crippen molar-refractivity contribution in [3.63, 3.8) is 0 Å². The third kappa shape index (κ3) is 3.43. The van der Waals surface area contributed by atoms with Crippen molar-refractivity contribution in [3.05, 3.63) is 52.1 Å². The smallest absolute Gasteiger partial charge is 0.137 e. The maximum absolute atomic E-state index is 10.2. The number of hydrogen-bond acceptors (Lipinski definition) is 5. The number of aliphatic hydroxyl groups excluding tert-OH is 1. The minimum Gasteiger partial charge on any atom is -0.490 e. The van der Waals surface area contributed by atoms with Gasteiger partial charge in [0, 0.05) is 11.8 Å². The molecule has 0 bridgehead atoms. The van der Waals surface area contributed by atoms with Gasteiger partial charge >= 0.3 is 0 Å². The standard InChI is InChI=1S/C22H22N2O2S/c1-13(2)26-20-9-6-14(10-15(20)11-23)22-24-12-21(27-22)18-5-3-4-17-16(18)7-8-19(17)25/h4,6,9-10,12-13,19,25H,3,5,7-8H2,1-2H3/t19-/m1/s1. The molecule has 1 heterocycles. The third-order valence-electron chi connectivity index (χ3n) is 5.01. The Bertz CT molecular complexity index is 978. The minimum absolute atomic E-state index is 0.0261. The monoisotopic (exact) mass is 378 g/mol. The summed E-state index contributed by atoms with van der Waals surface area (Å²) in [7, 11) is 0. The average molecular weight is 378 g/mol. The Hall–Kier alpha value is -2.42. The largest absolute Gasteiger partial charge is 0.490 e. The van der Waals surface area contributed by atoms with Crippen molar-refractivity contribution in [1.82, 2.24) is 4.98 Å². The molecular formula is C22H22N2O2S. The highest BCUT2D eigenvalue weighted by Gasteiger charge is 2.29. The van der Waals surface area contributed by atoms with E-state index in [0.29, 0.717) is 11.3 Å². The van der Waals surface area contributed by atoms with Crippen LogP contribution in [0.5, 0.6) is 5.75 Å². The molecule has 27 heavy (non-hydrogen) atoms. The lowest BCUT2D eigenvalue weighted by Crippen LogP contribution is -2.06. The van der Waals surface area contributed by atoms with Crippen LogP contribution in [0.4, 0.5) is 0 Å². The van der Waals surface area contributed by atoms with E-state index in [1.54, 1.807) is 11.3 Å². The average Bonchev–Trinajstić information content (AvgIpc) is 3.29. The van der Waals surface area contributed by atoms with Crippen LogP contribution < -0.4 is 4.74 Å². The van der Waals surface area contributed by atoms with Crippen LogP contribution >= 0.6 is 11.3 Å². The quantitative estimate of drug-likeness (QED) is 0.804. The molecular weight excluding hydrogens is 356 g/mol. The molecule has 2 aliphatic carbocycles. The van der Waals surface area contributed by atoms with Gasteiger partial charge in [-0.2, -0.15) is 5.26 Å². The van der Waals surface area contributed by atoms with Crippen LogP contribution in [0.15, 0.2) is 41.6 Å². The maximum Gasteiger partial charge on any atom is 0.137 e. The summed E-state index contributed by atoms with van der Waals surface area (Å²) in [6, 6.07) is 7.89. The lowest BCUT2D eigenvalue weighted by Gasteiger charge is -2.16. The SMILES string of the molecule is CC(C)Oc1ccc(-c2ncc(C3=C4CC[C@@H](O)C4=CCC3)s2)cc1C#N. The molecule has 0 saturated heterocycles. The first kappa shape index (κ1) is 18.0. The van der Waals surface area contributed by atoms with Crippen LogP contribution in [-0.2, 0) is 0 Å². The van der Waals surface area contributed by atoms with Crippen LogP contribution in [0.25, 0.3) is 16.1 Å². The second-order valence-electron chi connectivity index (χ2n) is 7.23. The van der Waals surface area contributed by atoms with Gasteiger partial charge in [-0.3, -0.25) is 0 Å². The highest BCUT2D eigenvalue weighted by molar-refractivity contribution is 7.16. The van der Waals surface area contributed by atoms with E-state index in [0.717, 1.165) is 41.8 Å². The first-order chi connectivity index (χ1) is 13.1. The molecule has 1 N–H and O–H groups in total. The third-order valence-corrected chi connectivity index (χ3v) is 6.12. The van der Waals surface area contributed by atoms with Crippen molar-refractivity contribution < 1.29 is 9.84 Å². The number of thiazole rings is 1. The van der Waals surface area contributed by atoms with Crippen molar-refractivity contribution in [2.24, 2.45) is 0 Å². The summed E-state index contributed by atoms with van der Waals surface area (Å²) in [5.41, 5.74) is 5.22. The fourth-order valence-electron chi connectivity index (χ4n) is 3.82. The van der Waals surface area contributed by atoms with Gasteiger partial charge in [-0.05, 0) is 74.4 Å². The van der Waals surface area contributed by atoms with Crippen molar-refractivity contribution in [2.45, 2.75) is 51.7 Å². The van der Waals surface area contributed by atoms with Crippen LogP contribution in [0.2, 0.25) is 0 Å². The first-order valence-electron chi connectivity index (χ1n) is 9.34. The van der Waals surface area contributed by atoms with Gasteiger partial charge in [0.15, 0.2) is 0 Å². The Morgan fingerprint density at radius 1 is 1.30 bits per heavy atom. The van der Waals surface area contributed by atoms with Crippen LogP contribution in [0.1, 0.15) is 50.0 Å². The Balaban J connectivity index is 1.67. The summed E-state index contributed by atoms with van der Waals surface area (Å²) in [4.78, 5) is 5.78. The van der Waals surface area contributed by atoms with Crippen molar-refractivity contribution in [1.29, 1.82) is 5.26 Å². The lowest BCUT2D eigenvalue weighted by atomic mass is 9.91. The summed E-state index contributed by atoms with van der Waals surface area (Å²) >= 11 is 1.65. The number of allylic oxidation sites excluding steroid dienone is 2. The normalized spacial score (nSPS) is 19.1. The molecule has 1 fully saturated rings. The molecule has 1 aromatic carbocycles. The van der Waals surface area contributed by atoms with E-state index in [4.69, 9.17) is 4.74 Å². The summed E-state index contributed by atoms with van der Waals surface area (Å²) in [5, 5.41) is 20.5. The summed E-state index contributed by atoms with van der Waals surface area (Å²) in [6.07, 6.45) is 7.56. The molecule has 1 aromatic heterocycles. The Kier molecular flexibility index (Phi) is 4.86. The summed E-state index contributed by atoms with van der Waals surface area (Å²) in [6.45, 7) is 3.90. The van der Waals surface area contributed by atoms with E-state index in [2.05, 4.69) is 17.1 Å². The van der Waals surface area contributed by atoms with Gasteiger partial charge < -0.3 is 9.84 Å². The number of rotatable bonds is 4. The zero-order valence-electron chi connectivity index (χ0n) is 15.5. The van der Waals surface area contributed by atoms with E-state index in [1.165, 1.54) is 16.0 Å². The molecule has 0 radical (unpaired) electrons.